The van der Waals surface area contributed by atoms with Crippen molar-refractivity contribution in [2.24, 2.45) is 10.9 Å². The summed E-state index contributed by atoms with van der Waals surface area (Å²) >= 11 is 0. The van der Waals surface area contributed by atoms with E-state index in [1.807, 2.05) is 6.92 Å². The Morgan fingerprint density at radius 1 is 1.36 bits per heavy atom. The van der Waals surface area contributed by atoms with Crippen molar-refractivity contribution >= 4 is 26.2 Å². The van der Waals surface area contributed by atoms with Gasteiger partial charge in [-0.2, -0.15) is 13.2 Å². The molecule has 220 valence electrons. The summed E-state index contributed by atoms with van der Waals surface area (Å²) in [5.41, 5.74) is 0.651. The molecule has 39 heavy (non-hydrogen) atoms. The number of carbonyl (C=O) groups is 2. The highest BCUT2D eigenvalue weighted by molar-refractivity contribution is 7.44. The fourth-order valence-corrected chi connectivity index (χ4v) is 6.20. The topological polar surface area (TPSA) is 106 Å². The lowest BCUT2D eigenvalue weighted by Gasteiger charge is -2.37. The first-order chi connectivity index (χ1) is 18.3. The maximum absolute atomic E-state index is 13.0. The van der Waals surface area contributed by atoms with Crippen LogP contribution >= 0.6 is 8.53 Å². The monoisotopic (exact) mass is 577 g/mol. The fourth-order valence-electron chi connectivity index (χ4n) is 4.46. The number of aliphatic imine (C=N–C) groups is 1. The van der Waals surface area contributed by atoms with Crippen LogP contribution in [0.25, 0.3) is 4.85 Å². The second-order valence-corrected chi connectivity index (χ2v) is 11.3. The molecular weight excluding hydrogens is 538 g/mol. The molecule has 2 aliphatic rings. The van der Waals surface area contributed by atoms with Gasteiger partial charge >= 0.3 is 12.1 Å². The molecule has 2 rings (SSSR count). The number of amides is 2. The number of carbonyl (C=O) groups excluding carboxylic acids is 2. The Morgan fingerprint density at radius 2 is 2.03 bits per heavy atom. The van der Waals surface area contributed by atoms with Crippen LogP contribution in [0.4, 0.5) is 13.2 Å². The van der Waals surface area contributed by atoms with E-state index in [0.717, 1.165) is 0 Å². The first kappa shape index (κ1) is 33.1. The Hall–Kier alpha value is -2.10. The van der Waals surface area contributed by atoms with Gasteiger partial charge in [0.1, 0.15) is 12.4 Å². The number of halogens is 3. The molecule has 2 heterocycles. The normalized spacial score (nSPS) is 25.7. The predicted octanol–water partition coefficient (Wildman–Crippen LogP) is 3.99. The van der Waals surface area contributed by atoms with Crippen molar-refractivity contribution in [1.82, 2.24) is 15.3 Å². The molecule has 0 aromatic carbocycles. The van der Waals surface area contributed by atoms with Crippen molar-refractivity contribution < 1.29 is 36.5 Å². The molecule has 1 saturated heterocycles. The maximum atomic E-state index is 13.0. The summed E-state index contributed by atoms with van der Waals surface area (Å²) in [5.74, 6) is -2.72. The maximum Gasteiger partial charge on any atom is 0.471 e. The summed E-state index contributed by atoms with van der Waals surface area (Å²) in [6.07, 6.45) is -3.09. The molecule has 2 aliphatic heterocycles. The minimum absolute atomic E-state index is 0.125. The third-order valence-electron chi connectivity index (χ3n) is 6.18. The van der Waals surface area contributed by atoms with Crippen molar-refractivity contribution in [1.29, 1.82) is 0 Å². The van der Waals surface area contributed by atoms with Gasteiger partial charge in [-0.25, -0.2) is 11.2 Å². The van der Waals surface area contributed by atoms with Crippen molar-refractivity contribution in [3.8, 4) is 0 Å². The third-order valence-corrected chi connectivity index (χ3v) is 8.34. The molecule has 0 aliphatic carbocycles. The van der Waals surface area contributed by atoms with Gasteiger partial charge < -0.3 is 29.3 Å². The van der Waals surface area contributed by atoms with Crippen molar-refractivity contribution in [3.63, 3.8) is 0 Å². The van der Waals surface area contributed by atoms with Gasteiger partial charge in [0, 0.05) is 25.0 Å². The van der Waals surface area contributed by atoms with Crippen molar-refractivity contribution in [3.05, 3.63) is 23.1 Å². The molecule has 0 aromatic heterocycles. The molecule has 0 spiro atoms. The van der Waals surface area contributed by atoms with Gasteiger partial charge in [-0.15, -0.1) is 0 Å². The van der Waals surface area contributed by atoms with E-state index in [9.17, 15) is 22.8 Å². The van der Waals surface area contributed by atoms with Crippen LogP contribution in [0.15, 0.2) is 16.6 Å². The third kappa shape index (κ3) is 9.50. The van der Waals surface area contributed by atoms with E-state index in [1.165, 1.54) is 0 Å². The van der Waals surface area contributed by atoms with Crippen LogP contribution in [-0.4, -0.2) is 85.1 Å². The molecule has 10 nitrogen and oxygen atoms in total. The van der Waals surface area contributed by atoms with Gasteiger partial charge in [-0.05, 0) is 46.6 Å². The van der Waals surface area contributed by atoms with E-state index in [-0.39, 0.29) is 62.3 Å². The Kier molecular flexibility index (Phi) is 12.8. The standard InChI is InChI=1S/C25H39F3N5O5P/c1-8-19-21(38-39(36-12-11-29-7)33(15(2)3)16(4)5)14-20(37-19)18-13-17(6)22(32-23(18)34)30-9-10-31-24(35)25(26,27)28/h13,15-16,18-21H,8-12,14H2,1-6H3,(H,31,35)(H,30,32,34). The molecule has 0 bridgehead atoms. The van der Waals surface area contributed by atoms with Crippen LogP contribution in [-0.2, 0) is 23.4 Å². The number of ether oxygens (including phenoxy) is 1. The number of rotatable bonds is 13. The highest BCUT2D eigenvalue weighted by Crippen LogP contribution is 2.49. The number of amidine groups is 1. The zero-order valence-electron chi connectivity index (χ0n) is 23.2. The van der Waals surface area contributed by atoms with Crippen molar-refractivity contribution in [2.75, 3.05) is 26.2 Å². The van der Waals surface area contributed by atoms with Gasteiger partial charge in [-0.1, -0.05) is 13.0 Å². The lowest BCUT2D eigenvalue weighted by Crippen LogP contribution is -2.44. The SMILES string of the molecule is [C-]#[N+]CCOP(OC1CC(C2C=C(C)C(=NCCNC(=O)C(F)(F)F)NC2=O)OC1CC)N(C(C)C)C(C)C. The first-order valence-corrected chi connectivity index (χ1v) is 14.2. The molecular formula is C25H39F3N5O5P. The molecule has 14 heteroatoms. The van der Waals surface area contributed by atoms with Gasteiger partial charge in [0.25, 0.3) is 8.53 Å². The van der Waals surface area contributed by atoms with Crippen LogP contribution in [0.3, 0.4) is 0 Å². The van der Waals surface area contributed by atoms with Gasteiger partial charge in [-0.3, -0.25) is 14.6 Å². The number of nitrogens with zero attached hydrogens (tertiary/aromatic N) is 3. The summed E-state index contributed by atoms with van der Waals surface area (Å²) in [4.78, 5) is 31.4. The molecule has 1 fully saturated rings. The molecule has 0 saturated carbocycles. The predicted molar refractivity (Wildman–Crippen MR) is 142 cm³/mol. The van der Waals surface area contributed by atoms with Crippen LogP contribution in [0.5, 0.6) is 0 Å². The molecule has 2 amide bonds. The van der Waals surface area contributed by atoms with Crippen LogP contribution in [0.2, 0.25) is 0 Å². The lowest BCUT2D eigenvalue weighted by atomic mass is 9.92. The fraction of sp³-hybridized carbons (Fsp3) is 0.760. The Balaban J connectivity index is 2.10. The van der Waals surface area contributed by atoms with E-state index in [2.05, 4.69) is 47.5 Å². The van der Waals surface area contributed by atoms with Gasteiger partial charge in [0.05, 0.1) is 30.8 Å². The molecule has 0 aromatic rings. The summed E-state index contributed by atoms with van der Waals surface area (Å²) in [5, 5.41) is 4.46. The number of hydrogen-bond acceptors (Lipinski definition) is 7. The Labute approximate surface area is 229 Å². The van der Waals surface area contributed by atoms with Crippen LogP contribution in [0.1, 0.15) is 54.4 Å². The highest BCUT2D eigenvalue weighted by atomic mass is 31.2. The first-order valence-electron chi connectivity index (χ1n) is 13.1. The highest BCUT2D eigenvalue weighted by Gasteiger charge is 2.44. The molecule has 5 atom stereocenters. The largest absolute Gasteiger partial charge is 0.471 e. The average molecular weight is 578 g/mol. The summed E-state index contributed by atoms with van der Waals surface area (Å²) < 4.78 is 57.9. The molecule has 2 N–H and O–H groups in total. The minimum atomic E-state index is -4.96. The number of nitrogens with one attached hydrogen (secondary N) is 2. The van der Waals surface area contributed by atoms with E-state index < -0.39 is 32.6 Å². The van der Waals surface area contributed by atoms with E-state index in [4.69, 9.17) is 20.4 Å². The Bertz CT molecular complexity index is 945. The summed E-state index contributed by atoms with van der Waals surface area (Å²) in [6.45, 7) is 19.1. The quantitative estimate of drug-likeness (QED) is 0.195. The molecule has 0 radical (unpaired) electrons. The minimum Gasteiger partial charge on any atom is -0.371 e. The number of hydrogen-bond donors (Lipinski definition) is 2. The van der Waals surface area contributed by atoms with E-state index in [1.54, 1.807) is 18.3 Å². The second-order valence-electron chi connectivity index (χ2n) is 9.87. The van der Waals surface area contributed by atoms with Crippen LogP contribution in [0, 0.1) is 12.5 Å². The Morgan fingerprint density at radius 3 is 2.59 bits per heavy atom. The van der Waals surface area contributed by atoms with Crippen LogP contribution < -0.4 is 10.6 Å². The average Bonchev–Trinajstić information content (AvgIpc) is 3.24. The zero-order valence-corrected chi connectivity index (χ0v) is 24.1. The van der Waals surface area contributed by atoms with Gasteiger partial charge in [0.15, 0.2) is 0 Å². The zero-order chi connectivity index (χ0) is 29.3. The van der Waals surface area contributed by atoms with E-state index in [0.29, 0.717) is 18.4 Å². The van der Waals surface area contributed by atoms with Crippen molar-refractivity contribution in [2.45, 2.75) is 91.0 Å². The second kappa shape index (κ2) is 15.1. The lowest BCUT2D eigenvalue weighted by molar-refractivity contribution is -0.173. The van der Waals surface area contributed by atoms with E-state index >= 15 is 0 Å². The smallest absolute Gasteiger partial charge is 0.371 e. The summed E-state index contributed by atoms with van der Waals surface area (Å²) in [7, 11) is -1.47. The summed E-state index contributed by atoms with van der Waals surface area (Å²) in [6, 6.07) is 0.299. The molecule has 5 unspecified atom stereocenters. The van der Waals surface area contributed by atoms with Gasteiger partial charge in [0.2, 0.25) is 12.5 Å². The number of alkyl halides is 3.